The molecule has 2 heterocycles. The second-order valence-electron chi connectivity index (χ2n) is 4.84. The number of sulfonamides is 1. The summed E-state index contributed by atoms with van der Waals surface area (Å²) in [5.74, 6) is 0. The summed E-state index contributed by atoms with van der Waals surface area (Å²) in [5, 5.41) is 4.06. The summed E-state index contributed by atoms with van der Waals surface area (Å²) < 4.78 is 28.6. The summed E-state index contributed by atoms with van der Waals surface area (Å²) in [6.07, 6.45) is 4.79. The Balaban J connectivity index is 2.04. The Labute approximate surface area is 118 Å². The minimum absolute atomic E-state index is 0.260. The van der Waals surface area contributed by atoms with Gasteiger partial charge in [-0.1, -0.05) is 18.2 Å². The smallest absolute Gasteiger partial charge is 0.267 e. The largest absolute Gasteiger partial charge is 0.272 e. The Bertz CT molecular complexity index is 722. The van der Waals surface area contributed by atoms with Gasteiger partial charge in [0.05, 0.1) is 11.9 Å². The Kier molecular flexibility index (Phi) is 3.25. The van der Waals surface area contributed by atoms with E-state index >= 15 is 0 Å². The van der Waals surface area contributed by atoms with Crippen molar-refractivity contribution in [3.8, 4) is 0 Å². The van der Waals surface area contributed by atoms with Gasteiger partial charge in [0.15, 0.2) is 0 Å². The number of aromatic nitrogens is 2. The highest BCUT2D eigenvalue weighted by molar-refractivity contribution is 7.92. The van der Waals surface area contributed by atoms with Crippen LogP contribution in [0.1, 0.15) is 18.9 Å². The first-order chi connectivity index (χ1) is 9.63. The molecule has 0 saturated carbocycles. The van der Waals surface area contributed by atoms with E-state index in [1.807, 2.05) is 31.2 Å². The minimum Gasteiger partial charge on any atom is -0.272 e. The molecule has 2 aromatic rings. The number of nitrogens with zero attached hydrogens (tertiary/aromatic N) is 3. The average molecular weight is 291 g/mol. The standard InChI is InChI=1S/C14H17N3O2S/c1-2-16-11-13(10-15-16)20(18,19)17-9-5-7-12-6-3-4-8-14(12)17/h3-4,6,8,10-11H,2,5,7,9H2,1H3. The number of fused-ring (bicyclic) bond motifs is 1. The highest BCUT2D eigenvalue weighted by atomic mass is 32.2. The summed E-state index contributed by atoms with van der Waals surface area (Å²) in [6.45, 7) is 3.11. The Morgan fingerprint density at radius 1 is 1.30 bits per heavy atom. The summed E-state index contributed by atoms with van der Waals surface area (Å²) in [6, 6.07) is 7.69. The summed E-state index contributed by atoms with van der Waals surface area (Å²) in [4.78, 5) is 0.260. The van der Waals surface area contributed by atoms with Crippen molar-refractivity contribution in [1.29, 1.82) is 0 Å². The van der Waals surface area contributed by atoms with Gasteiger partial charge in [0.2, 0.25) is 0 Å². The molecule has 0 radical (unpaired) electrons. The van der Waals surface area contributed by atoms with E-state index in [2.05, 4.69) is 5.10 Å². The third-order valence-corrected chi connectivity index (χ3v) is 5.36. The van der Waals surface area contributed by atoms with Gasteiger partial charge in [0.1, 0.15) is 4.90 Å². The maximum Gasteiger partial charge on any atom is 0.267 e. The van der Waals surface area contributed by atoms with Crippen LogP contribution in [0.15, 0.2) is 41.6 Å². The molecule has 1 aromatic heterocycles. The Hall–Kier alpha value is -1.82. The third kappa shape index (κ3) is 2.10. The van der Waals surface area contributed by atoms with E-state index in [-0.39, 0.29) is 4.90 Å². The number of rotatable bonds is 3. The van der Waals surface area contributed by atoms with E-state index in [1.54, 1.807) is 10.9 Å². The molecule has 0 fully saturated rings. The molecule has 3 rings (SSSR count). The minimum atomic E-state index is -3.51. The fourth-order valence-corrected chi connectivity index (χ4v) is 4.02. The Morgan fingerprint density at radius 3 is 2.85 bits per heavy atom. The number of para-hydroxylation sites is 1. The molecule has 0 amide bonds. The van der Waals surface area contributed by atoms with Crippen LogP contribution in [-0.4, -0.2) is 24.7 Å². The molecular formula is C14H17N3O2S. The molecule has 0 N–H and O–H groups in total. The molecule has 1 aliphatic rings. The molecular weight excluding hydrogens is 274 g/mol. The lowest BCUT2D eigenvalue weighted by Crippen LogP contribution is -2.35. The lowest BCUT2D eigenvalue weighted by Gasteiger charge is -2.29. The zero-order chi connectivity index (χ0) is 14.2. The summed E-state index contributed by atoms with van der Waals surface area (Å²) in [7, 11) is -3.51. The van der Waals surface area contributed by atoms with Gasteiger partial charge in [-0.2, -0.15) is 5.10 Å². The second-order valence-corrected chi connectivity index (χ2v) is 6.70. The van der Waals surface area contributed by atoms with Crippen molar-refractivity contribution >= 4 is 15.7 Å². The molecule has 1 aliphatic heterocycles. The highest BCUT2D eigenvalue weighted by Crippen LogP contribution is 2.31. The molecule has 5 nitrogen and oxygen atoms in total. The van der Waals surface area contributed by atoms with Gasteiger partial charge >= 0.3 is 0 Å². The average Bonchev–Trinajstić information content (AvgIpc) is 2.96. The van der Waals surface area contributed by atoms with E-state index in [1.165, 1.54) is 10.5 Å². The van der Waals surface area contributed by atoms with Crippen LogP contribution in [0.25, 0.3) is 0 Å². The van der Waals surface area contributed by atoms with Gasteiger partial charge in [-0.05, 0) is 31.4 Å². The van der Waals surface area contributed by atoms with Crippen molar-refractivity contribution in [3.63, 3.8) is 0 Å². The van der Waals surface area contributed by atoms with Crippen molar-refractivity contribution in [2.75, 3.05) is 10.8 Å². The van der Waals surface area contributed by atoms with Gasteiger partial charge < -0.3 is 0 Å². The zero-order valence-corrected chi connectivity index (χ0v) is 12.2. The number of benzene rings is 1. The fraction of sp³-hybridized carbons (Fsp3) is 0.357. The molecule has 0 atom stereocenters. The van der Waals surface area contributed by atoms with E-state index < -0.39 is 10.0 Å². The molecule has 0 saturated heterocycles. The van der Waals surface area contributed by atoms with E-state index in [0.29, 0.717) is 13.1 Å². The predicted molar refractivity (Wildman–Crippen MR) is 77.2 cm³/mol. The first kappa shape index (κ1) is 13.2. The predicted octanol–water partition coefficient (Wildman–Crippen LogP) is 2.04. The fourth-order valence-electron chi connectivity index (χ4n) is 2.53. The third-order valence-electron chi connectivity index (χ3n) is 3.59. The first-order valence-electron chi connectivity index (χ1n) is 6.76. The van der Waals surface area contributed by atoms with E-state index in [9.17, 15) is 8.42 Å². The zero-order valence-electron chi connectivity index (χ0n) is 11.4. The molecule has 20 heavy (non-hydrogen) atoms. The van der Waals surface area contributed by atoms with Crippen LogP contribution in [-0.2, 0) is 23.0 Å². The monoisotopic (exact) mass is 291 g/mol. The molecule has 0 bridgehead atoms. The van der Waals surface area contributed by atoms with Crippen LogP contribution in [0.2, 0.25) is 0 Å². The van der Waals surface area contributed by atoms with Gasteiger partial charge in [0.25, 0.3) is 10.0 Å². The van der Waals surface area contributed by atoms with Crippen LogP contribution in [0.3, 0.4) is 0 Å². The van der Waals surface area contributed by atoms with Gasteiger partial charge in [-0.3, -0.25) is 8.99 Å². The molecule has 1 aromatic carbocycles. The quantitative estimate of drug-likeness (QED) is 0.869. The van der Waals surface area contributed by atoms with Gasteiger partial charge in [-0.25, -0.2) is 8.42 Å². The lowest BCUT2D eigenvalue weighted by atomic mass is 10.0. The first-order valence-corrected chi connectivity index (χ1v) is 8.20. The second kappa shape index (κ2) is 4.94. The topological polar surface area (TPSA) is 55.2 Å². The van der Waals surface area contributed by atoms with E-state index in [0.717, 1.165) is 24.1 Å². The van der Waals surface area contributed by atoms with Crippen LogP contribution in [0.5, 0.6) is 0 Å². The molecule has 6 heteroatoms. The molecule has 0 unspecified atom stereocenters. The van der Waals surface area contributed by atoms with Crippen molar-refractivity contribution in [1.82, 2.24) is 9.78 Å². The summed E-state index contributed by atoms with van der Waals surface area (Å²) >= 11 is 0. The number of hydrogen-bond acceptors (Lipinski definition) is 3. The molecule has 0 aliphatic carbocycles. The van der Waals surface area contributed by atoms with Crippen LogP contribution in [0, 0.1) is 0 Å². The van der Waals surface area contributed by atoms with Crippen LogP contribution in [0.4, 0.5) is 5.69 Å². The maximum atomic E-state index is 12.8. The number of aryl methyl sites for hydroxylation is 2. The van der Waals surface area contributed by atoms with Crippen LogP contribution >= 0.6 is 0 Å². The Morgan fingerprint density at radius 2 is 2.10 bits per heavy atom. The van der Waals surface area contributed by atoms with Gasteiger partial charge in [-0.15, -0.1) is 0 Å². The van der Waals surface area contributed by atoms with Crippen molar-refractivity contribution < 1.29 is 8.42 Å². The highest BCUT2D eigenvalue weighted by Gasteiger charge is 2.29. The van der Waals surface area contributed by atoms with Crippen molar-refractivity contribution in [2.45, 2.75) is 31.2 Å². The summed E-state index contributed by atoms with van der Waals surface area (Å²) in [5.41, 5.74) is 1.88. The SMILES string of the molecule is CCn1cc(S(=O)(=O)N2CCCc3ccccc32)cn1. The van der Waals surface area contributed by atoms with Crippen LogP contribution < -0.4 is 4.31 Å². The normalized spacial score (nSPS) is 15.2. The van der Waals surface area contributed by atoms with Crippen molar-refractivity contribution in [2.24, 2.45) is 0 Å². The number of anilines is 1. The molecule has 106 valence electrons. The molecule has 0 spiro atoms. The van der Waals surface area contributed by atoms with Gasteiger partial charge in [0, 0.05) is 19.3 Å². The number of hydrogen-bond donors (Lipinski definition) is 0. The lowest BCUT2D eigenvalue weighted by molar-refractivity contribution is 0.586. The van der Waals surface area contributed by atoms with Crippen molar-refractivity contribution in [3.05, 3.63) is 42.2 Å². The van der Waals surface area contributed by atoms with E-state index in [4.69, 9.17) is 0 Å². The maximum absolute atomic E-state index is 12.8.